The van der Waals surface area contributed by atoms with Gasteiger partial charge >= 0.3 is 0 Å². The van der Waals surface area contributed by atoms with E-state index in [1.807, 2.05) is 85.1 Å². The summed E-state index contributed by atoms with van der Waals surface area (Å²) in [6.45, 7) is 6.52. The number of hydrogen-bond donors (Lipinski definition) is 0. The second-order valence-corrected chi connectivity index (χ2v) is 17.5. The Bertz CT molecular complexity index is 3810. The second-order valence-electron chi connectivity index (χ2n) is 17.5. The third-order valence-electron chi connectivity index (χ3n) is 12.7. The van der Waals surface area contributed by atoms with Crippen LogP contribution in [-0.2, 0) is 31.9 Å². The Morgan fingerprint density at radius 1 is 0.714 bits per heavy atom. The van der Waals surface area contributed by atoms with E-state index in [2.05, 4.69) is 62.0 Å². The number of benzene rings is 7. The topological polar surface area (TPSA) is 35.9 Å². The molecule has 3 heterocycles. The van der Waals surface area contributed by atoms with Gasteiger partial charge in [0.25, 0.3) is 6.33 Å². The minimum Gasteiger partial charge on any atom is -0.510 e. The van der Waals surface area contributed by atoms with E-state index in [9.17, 15) is 5.48 Å². The molecule has 6 heteroatoms. The van der Waals surface area contributed by atoms with Crippen LogP contribution in [0.2, 0.25) is 0 Å². The molecule has 63 heavy (non-hydrogen) atoms. The van der Waals surface area contributed by atoms with E-state index in [1.165, 1.54) is 0 Å². The van der Waals surface area contributed by atoms with E-state index in [-0.39, 0.29) is 59.8 Å². The SMILES string of the molecule is [2H]c1c([2H])c([2H])c(-c2cc(C34CC(C3)C4)cc(-c3c([2H])c([2H])c([2H])c([2H])c3[2H])c2-[n+]2[c-]n(-c3[c-]c(Oc4[c-]c5c(cc4)c4ccccc4n5-c4cc(C(C)(C)C)ccn4)ccc3)c3ccccc32)c([2H])c1[2H].[Pt]. The summed E-state index contributed by atoms with van der Waals surface area (Å²) in [5.41, 5.74) is 5.62. The van der Waals surface area contributed by atoms with Crippen LogP contribution in [0.5, 0.6) is 11.5 Å². The molecule has 3 aromatic heterocycles. The summed E-state index contributed by atoms with van der Waals surface area (Å²) >= 11 is 0. The van der Waals surface area contributed by atoms with Gasteiger partial charge in [0.15, 0.2) is 0 Å². The number of aromatic nitrogens is 4. The van der Waals surface area contributed by atoms with Crippen LogP contribution in [0.3, 0.4) is 0 Å². The minimum absolute atomic E-state index is 0. The summed E-state index contributed by atoms with van der Waals surface area (Å²) in [7, 11) is 0. The fourth-order valence-electron chi connectivity index (χ4n) is 9.49. The Morgan fingerprint density at radius 3 is 2.06 bits per heavy atom. The van der Waals surface area contributed by atoms with E-state index in [0.29, 0.717) is 34.1 Å². The monoisotopic (exact) mass is 1010 g/mol. The molecule has 3 fully saturated rings. The van der Waals surface area contributed by atoms with Gasteiger partial charge in [0.05, 0.1) is 30.4 Å². The summed E-state index contributed by atoms with van der Waals surface area (Å²) < 4.78 is 101. The van der Waals surface area contributed by atoms with Crippen molar-refractivity contribution in [2.24, 2.45) is 5.92 Å². The molecule has 2 bridgehead atoms. The average Bonchev–Trinajstić information content (AvgIpc) is 3.89. The predicted octanol–water partition coefficient (Wildman–Crippen LogP) is 13.3. The first-order valence-corrected chi connectivity index (χ1v) is 20.9. The van der Waals surface area contributed by atoms with E-state index >= 15 is 0 Å². The molecule has 5 nitrogen and oxygen atoms in total. The molecule has 13 rings (SSSR count). The van der Waals surface area contributed by atoms with Crippen LogP contribution >= 0.6 is 0 Å². The number of hydrogen-bond acceptors (Lipinski definition) is 2. The maximum atomic E-state index is 9.28. The normalized spacial score (nSPS) is 18.9. The van der Waals surface area contributed by atoms with Gasteiger partial charge in [0.1, 0.15) is 5.82 Å². The van der Waals surface area contributed by atoms with Gasteiger partial charge in [0, 0.05) is 44.3 Å². The average molecular weight is 1010 g/mol. The van der Waals surface area contributed by atoms with E-state index in [4.69, 9.17) is 17.9 Å². The third-order valence-corrected chi connectivity index (χ3v) is 12.7. The molecular weight excluding hydrogens is 952 g/mol. The molecule has 0 atom stereocenters. The molecule has 7 aromatic carbocycles. The maximum absolute atomic E-state index is 9.28. The zero-order chi connectivity index (χ0) is 50.3. The van der Waals surface area contributed by atoms with Gasteiger partial charge in [0.2, 0.25) is 0 Å². The van der Waals surface area contributed by atoms with Gasteiger partial charge in [-0.2, -0.15) is 18.2 Å². The first kappa shape index (κ1) is 29.7. The van der Waals surface area contributed by atoms with E-state index in [1.54, 1.807) is 15.2 Å². The van der Waals surface area contributed by atoms with Crippen LogP contribution in [0, 0.1) is 24.4 Å². The zero-order valence-electron chi connectivity index (χ0n) is 44.6. The molecule has 0 saturated heterocycles. The summed E-state index contributed by atoms with van der Waals surface area (Å²) in [6, 6.07) is 34.9. The first-order valence-electron chi connectivity index (χ1n) is 25.9. The smallest absolute Gasteiger partial charge is 0.268 e. The van der Waals surface area contributed by atoms with Crippen LogP contribution in [0.15, 0.2) is 170 Å². The van der Waals surface area contributed by atoms with E-state index < -0.39 is 60.4 Å². The van der Waals surface area contributed by atoms with Gasteiger partial charge < -0.3 is 13.9 Å². The molecule has 3 saturated carbocycles. The largest absolute Gasteiger partial charge is 0.510 e. The number of fused-ring (bicyclic) bond motifs is 4. The van der Waals surface area contributed by atoms with Crippen molar-refractivity contribution in [3.63, 3.8) is 0 Å². The van der Waals surface area contributed by atoms with Crippen LogP contribution in [0.25, 0.3) is 72.3 Å². The Kier molecular flexibility index (Phi) is 7.10. The summed E-state index contributed by atoms with van der Waals surface area (Å²) in [5, 5.41) is 2.04. The van der Waals surface area contributed by atoms with Crippen molar-refractivity contribution in [3.8, 4) is 50.9 Å². The Morgan fingerprint density at radius 2 is 1.38 bits per heavy atom. The minimum atomic E-state index is -0.548. The Hall–Kier alpha value is -6.55. The summed E-state index contributed by atoms with van der Waals surface area (Å²) in [4.78, 5) is 4.81. The second kappa shape index (κ2) is 15.1. The molecule has 310 valence electrons. The molecular formula is C57H44N4OPt-2. The quantitative estimate of drug-likeness (QED) is 0.112. The molecule has 3 aliphatic carbocycles. The van der Waals surface area contributed by atoms with Gasteiger partial charge in [-0.3, -0.25) is 4.57 Å². The van der Waals surface area contributed by atoms with Crippen LogP contribution in [0.1, 0.15) is 64.9 Å². The molecule has 3 aliphatic rings. The Labute approximate surface area is 396 Å². The van der Waals surface area contributed by atoms with Crippen molar-refractivity contribution in [1.82, 2.24) is 14.1 Å². The molecule has 0 spiro atoms. The van der Waals surface area contributed by atoms with Crippen LogP contribution in [0.4, 0.5) is 0 Å². The summed E-state index contributed by atoms with van der Waals surface area (Å²) in [5.74, 6) is 2.12. The van der Waals surface area contributed by atoms with Crippen molar-refractivity contribution in [3.05, 3.63) is 199 Å². The summed E-state index contributed by atoms with van der Waals surface area (Å²) in [6.07, 6.45) is 7.98. The van der Waals surface area contributed by atoms with Gasteiger partial charge in [-0.25, -0.2) is 4.98 Å². The predicted molar refractivity (Wildman–Crippen MR) is 249 cm³/mol. The number of imidazole rings is 1. The van der Waals surface area contributed by atoms with E-state index in [0.717, 1.165) is 58.0 Å². The fourth-order valence-corrected chi connectivity index (χ4v) is 9.49. The Balaban J connectivity index is 0.00000574. The number of rotatable bonds is 8. The van der Waals surface area contributed by atoms with Crippen molar-refractivity contribution >= 4 is 32.8 Å². The molecule has 0 radical (unpaired) electrons. The third kappa shape index (κ3) is 6.56. The van der Waals surface area contributed by atoms with Crippen LogP contribution < -0.4 is 9.30 Å². The van der Waals surface area contributed by atoms with Crippen molar-refractivity contribution in [1.29, 1.82) is 0 Å². The number of ether oxygens (including phenoxy) is 1. The molecule has 0 aliphatic heterocycles. The fraction of sp³-hybridized carbons (Fsp3) is 0.158. The number of para-hydroxylation sites is 3. The molecule has 0 unspecified atom stereocenters. The number of nitrogens with zero attached hydrogens (tertiary/aromatic N) is 4. The molecule has 10 aromatic rings. The maximum Gasteiger partial charge on any atom is 0.268 e. The van der Waals surface area contributed by atoms with Crippen molar-refractivity contribution in [2.45, 2.75) is 50.9 Å². The molecule has 0 N–H and O–H groups in total. The first-order chi connectivity index (χ1) is 34.4. The van der Waals surface area contributed by atoms with Gasteiger partial charge in [-0.1, -0.05) is 141 Å². The van der Waals surface area contributed by atoms with Crippen molar-refractivity contribution in [2.75, 3.05) is 0 Å². The van der Waals surface area contributed by atoms with Gasteiger partial charge in [-0.05, 0) is 98.7 Å². The van der Waals surface area contributed by atoms with Gasteiger partial charge in [-0.15, -0.1) is 29.7 Å². The number of pyridine rings is 1. The molecule has 0 amide bonds. The van der Waals surface area contributed by atoms with Crippen LogP contribution in [-0.4, -0.2) is 14.1 Å². The standard InChI is InChI=1S/C57H44N4O.Pt/c1-56(2,3)41-27-28-58-54(31-41)61-50-22-11-10-21-46(50)47-26-25-45(33-53(47)61)62-44-20-14-19-43(32-44)59-37-60(52-24-13-12-23-51(52)59)55-48(39-15-6-4-7-16-39)29-42(57-34-38(35-57)36-57)30-49(55)40-17-8-5-9-18-40;/h4-31,38H,34-36H2,1-3H3;/q-2;/i4D,5D,6D,7D,8D,9D,15D,16D,17D,18D;. The van der Waals surface area contributed by atoms with Crippen molar-refractivity contribution < 1.29 is 44.1 Å². The zero-order valence-corrected chi connectivity index (χ0v) is 36.9.